The molecule has 0 bridgehead atoms. The van der Waals surface area contributed by atoms with E-state index in [4.69, 9.17) is 0 Å². The Hall–Kier alpha value is -2.35. The van der Waals surface area contributed by atoms with Crippen LogP contribution in [0, 0.1) is 5.92 Å². The van der Waals surface area contributed by atoms with Crippen molar-refractivity contribution in [1.82, 2.24) is 15.0 Å². The number of rotatable bonds is 4. The van der Waals surface area contributed by atoms with Gasteiger partial charge in [0.2, 0.25) is 11.9 Å². The third kappa shape index (κ3) is 3.70. The summed E-state index contributed by atoms with van der Waals surface area (Å²) in [6.45, 7) is 2.89. The normalized spacial score (nSPS) is 17.8. The summed E-state index contributed by atoms with van der Waals surface area (Å²) in [5.41, 5.74) is 0.383. The van der Waals surface area contributed by atoms with Crippen molar-refractivity contribution in [2.45, 2.75) is 19.8 Å². The van der Waals surface area contributed by atoms with Crippen molar-refractivity contribution in [3.05, 3.63) is 29.5 Å². The van der Waals surface area contributed by atoms with Gasteiger partial charge in [-0.05, 0) is 18.9 Å². The minimum atomic E-state index is -0.141. The Bertz CT molecular complexity index is 703. The minimum Gasteiger partial charge on any atom is -0.340 e. The van der Waals surface area contributed by atoms with E-state index in [1.165, 1.54) is 18.3 Å². The lowest BCUT2D eigenvalue weighted by Crippen LogP contribution is -2.41. The highest BCUT2D eigenvalue weighted by Crippen LogP contribution is 2.22. The molecule has 0 radical (unpaired) electrons. The van der Waals surface area contributed by atoms with Crippen molar-refractivity contribution in [1.29, 1.82) is 0 Å². The lowest BCUT2D eigenvalue weighted by molar-refractivity contribution is -0.120. The molecular formula is C15H17N5O2S. The van der Waals surface area contributed by atoms with Gasteiger partial charge in [-0.25, -0.2) is 15.0 Å². The second kappa shape index (κ2) is 6.82. The maximum Gasteiger partial charge on any atom is 0.231 e. The average molecular weight is 331 g/mol. The maximum atomic E-state index is 12.4. The van der Waals surface area contributed by atoms with Crippen LogP contribution in [0.25, 0.3) is 0 Å². The summed E-state index contributed by atoms with van der Waals surface area (Å²) in [5.74, 6) is 0.331. The van der Waals surface area contributed by atoms with Gasteiger partial charge in [0, 0.05) is 37.8 Å². The lowest BCUT2D eigenvalue weighted by atomic mass is 9.97. The zero-order valence-corrected chi connectivity index (χ0v) is 13.5. The summed E-state index contributed by atoms with van der Waals surface area (Å²) >= 11 is 1.27. The summed E-state index contributed by atoms with van der Waals surface area (Å²) in [5, 5.41) is 4.93. The van der Waals surface area contributed by atoms with Crippen molar-refractivity contribution in [2.75, 3.05) is 23.3 Å². The molecular weight excluding hydrogens is 314 g/mol. The molecule has 1 unspecified atom stereocenters. The van der Waals surface area contributed by atoms with Gasteiger partial charge in [-0.1, -0.05) is 0 Å². The van der Waals surface area contributed by atoms with Gasteiger partial charge in [0.15, 0.2) is 10.9 Å². The number of anilines is 2. The molecule has 23 heavy (non-hydrogen) atoms. The maximum absolute atomic E-state index is 12.4. The minimum absolute atomic E-state index is 0.0740. The number of hydrogen-bond acceptors (Lipinski definition) is 7. The molecule has 3 rings (SSSR count). The molecule has 1 fully saturated rings. The van der Waals surface area contributed by atoms with Crippen molar-refractivity contribution in [3.8, 4) is 0 Å². The topological polar surface area (TPSA) is 88.1 Å². The SMILES string of the molecule is CC(=O)c1csc(NC(=O)C2CCCN(c3ncccn3)C2)n1. The molecule has 1 aliphatic heterocycles. The van der Waals surface area contributed by atoms with Gasteiger partial charge < -0.3 is 10.2 Å². The van der Waals surface area contributed by atoms with Gasteiger partial charge in [0.1, 0.15) is 5.69 Å². The van der Waals surface area contributed by atoms with Crippen molar-refractivity contribution < 1.29 is 9.59 Å². The predicted octanol–water partition coefficient (Wildman–Crippen LogP) is 1.99. The van der Waals surface area contributed by atoms with E-state index >= 15 is 0 Å². The largest absolute Gasteiger partial charge is 0.340 e. The molecule has 7 nitrogen and oxygen atoms in total. The number of nitrogens with one attached hydrogen (secondary N) is 1. The first-order valence-corrected chi connectivity index (χ1v) is 8.31. The number of carbonyl (C=O) groups excluding carboxylic acids is 2. The molecule has 2 aromatic heterocycles. The van der Waals surface area contributed by atoms with E-state index in [1.807, 2.05) is 4.90 Å². The van der Waals surface area contributed by atoms with Gasteiger partial charge in [-0.15, -0.1) is 11.3 Å². The van der Waals surface area contributed by atoms with Crippen molar-refractivity contribution in [3.63, 3.8) is 0 Å². The quantitative estimate of drug-likeness (QED) is 0.862. The molecule has 3 heterocycles. The second-order valence-corrected chi connectivity index (χ2v) is 6.28. The molecule has 1 amide bonds. The highest BCUT2D eigenvalue weighted by molar-refractivity contribution is 7.14. The van der Waals surface area contributed by atoms with Crippen LogP contribution in [0.15, 0.2) is 23.8 Å². The van der Waals surface area contributed by atoms with E-state index in [0.29, 0.717) is 23.3 Å². The number of amides is 1. The molecule has 8 heteroatoms. The van der Waals surface area contributed by atoms with Crippen LogP contribution in [0.4, 0.5) is 11.1 Å². The van der Waals surface area contributed by atoms with Crippen molar-refractivity contribution >= 4 is 34.1 Å². The Morgan fingerprint density at radius 1 is 1.35 bits per heavy atom. The zero-order valence-electron chi connectivity index (χ0n) is 12.7. The van der Waals surface area contributed by atoms with E-state index in [9.17, 15) is 9.59 Å². The average Bonchev–Trinajstić information content (AvgIpc) is 3.04. The van der Waals surface area contributed by atoms with Crippen LogP contribution in [0.5, 0.6) is 0 Å². The van der Waals surface area contributed by atoms with Crippen LogP contribution in [0.1, 0.15) is 30.3 Å². The monoisotopic (exact) mass is 331 g/mol. The Morgan fingerprint density at radius 3 is 2.83 bits per heavy atom. The number of hydrogen-bond donors (Lipinski definition) is 1. The molecule has 1 N–H and O–H groups in total. The van der Waals surface area contributed by atoms with Crippen LogP contribution in [0.3, 0.4) is 0 Å². The summed E-state index contributed by atoms with van der Waals surface area (Å²) in [6, 6.07) is 1.77. The lowest BCUT2D eigenvalue weighted by Gasteiger charge is -2.31. The number of Topliss-reactive ketones (excluding diaryl/α,β-unsaturated/α-hetero) is 1. The second-order valence-electron chi connectivity index (χ2n) is 5.42. The summed E-state index contributed by atoms with van der Waals surface area (Å²) in [4.78, 5) is 38.3. The fraction of sp³-hybridized carbons (Fsp3) is 0.400. The summed E-state index contributed by atoms with van der Waals surface area (Å²) < 4.78 is 0. The molecule has 0 saturated carbocycles. The first kappa shape index (κ1) is 15.5. The van der Waals surface area contributed by atoms with Crippen LogP contribution in [0.2, 0.25) is 0 Å². The molecule has 0 spiro atoms. The highest BCUT2D eigenvalue weighted by Gasteiger charge is 2.27. The molecule has 2 aromatic rings. The molecule has 120 valence electrons. The van der Waals surface area contributed by atoms with Gasteiger partial charge in [-0.3, -0.25) is 9.59 Å². The van der Waals surface area contributed by atoms with Gasteiger partial charge in [0.05, 0.1) is 5.92 Å². The smallest absolute Gasteiger partial charge is 0.231 e. The van der Waals surface area contributed by atoms with E-state index in [-0.39, 0.29) is 17.6 Å². The third-order valence-corrected chi connectivity index (χ3v) is 4.48. The fourth-order valence-corrected chi connectivity index (χ4v) is 3.28. The van der Waals surface area contributed by atoms with Crippen LogP contribution in [-0.2, 0) is 4.79 Å². The molecule has 1 saturated heterocycles. The summed E-state index contributed by atoms with van der Waals surface area (Å²) in [6.07, 6.45) is 5.13. The van der Waals surface area contributed by atoms with Gasteiger partial charge >= 0.3 is 0 Å². The Labute approximate surface area is 137 Å². The van der Waals surface area contributed by atoms with Crippen molar-refractivity contribution in [2.24, 2.45) is 5.92 Å². The number of aromatic nitrogens is 3. The number of carbonyl (C=O) groups is 2. The zero-order chi connectivity index (χ0) is 16.2. The van der Waals surface area contributed by atoms with E-state index < -0.39 is 0 Å². The Kier molecular flexibility index (Phi) is 4.61. The molecule has 0 aromatic carbocycles. The number of piperidine rings is 1. The van der Waals surface area contributed by atoms with Crippen LogP contribution in [-0.4, -0.2) is 39.7 Å². The standard InChI is InChI=1S/C15H17N5O2S/c1-10(21)12-9-23-15(18-12)19-13(22)11-4-2-7-20(8-11)14-16-5-3-6-17-14/h3,5-6,9,11H,2,4,7-8H2,1H3,(H,18,19,22). The van der Waals surface area contributed by atoms with E-state index in [0.717, 1.165) is 19.4 Å². The van der Waals surface area contributed by atoms with Crippen LogP contribution >= 0.6 is 11.3 Å². The predicted molar refractivity (Wildman–Crippen MR) is 87.7 cm³/mol. The molecule has 0 aliphatic carbocycles. The fourth-order valence-electron chi connectivity index (χ4n) is 2.53. The van der Waals surface area contributed by atoms with E-state index in [1.54, 1.807) is 23.8 Å². The number of thiazole rings is 1. The number of ketones is 1. The first-order valence-electron chi connectivity index (χ1n) is 7.43. The highest BCUT2D eigenvalue weighted by atomic mass is 32.1. The molecule has 1 aliphatic rings. The van der Waals surface area contributed by atoms with Gasteiger partial charge in [0.25, 0.3) is 0 Å². The van der Waals surface area contributed by atoms with Crippen LogP contribution < -0.4 is 10.2 Å². The Balaban J connectivity index is 1.63. The summed E-state index contributed by atoms with van der Waals surface area (Å²) in [7, 11) is 0. The third-order valence-electron chi connectivity index (χ3n) is 3.72. The Morgan fingerprint density at radius 2 is 2.13 bits per heavy atom. The number of nitrogens with zero attached hydrogens (tertiary/aromatic N) is 4. The molecule has 1 atom stereocenters. The first-order chi connectivity index (χ1) is 11.1. The van der Waals surface area contributed by atoms with Gasteiger partial charge in [-0.2, -0.15) is 0 Å². The van der Waals surface area contributed by atoms with E-state index in [2.05, 4.69) is 20.3 Å².